The van der Waals surface area contributed by atoms with Crippen LogP contribution in [0.3, 0.4) is 0 Å². The van der Waals surface area contributed by atoms with Crippen LogP contribution in [0.1, 0.15) is 23.2 Å². The number of fused-ring (bicyclic) bond motifs is 1. The number of rotatable bonds is 6. The summed E-state index contributed by atoms with van der Waals surface area (Å²) in [5.41, 5.74) is 2.12. The number of carbonyl (C=O) groups is 2. The average molecular weight is 482 g/mol. The quantitative estimate of drug-likeness (QED) is 0.224. The minimum absolute atomic E-state index is 0.0664. The van der Waals surface area contributed by atoms with Crippen molar-refractivity contribution in [1.82, 2.24) is 9.55 Å². The third-order valence-corrected chi connectivity index (χ3v) is 8.25. The van der Waals surface area contributed by atoms with Gasteiger partial charge >= 0.3 is 0 Å². The number of benzene rings is 1. The normalized spacial score (nSPS) is 13.9. The van der Waals surface area contributed by atoms with E-state index in [-0.39, 0.29) is 23.0 Å². The summed E-state index contributed by atoms with van der Waals surface area (Å²) in [6.45, 7) is 0.686. The van der Waals surface area contributed by atoms with Crippen LogP contribution >= 0.6 is 34.4 Å². The fourth-order valence-electron chi connectivity index (χ4n) is 3.78. The van der Waals surface area contributed by atoms with Crippen LogP contribution in [0.25, 0.3) is 20.7 Å². The molecular formula is C23H19N3O3S3. The maximum Gasteiger partial charge on any atom is 0.263 e. The zero-order valence-corrected chi connectivity index (χ0v) is 19.7. The van der Waals surface area contributed by atoms with Gasteiger partial charge in [0, 0.05) is 47.1 Å². The number of thiophene rings is 2. The number of thioether (sulfide) groups is 1. The van der Waals surface area contributed by atoms with Crippen LogP contribution in [0, 0.1) is 0 Å². The molecule has 0 radical (unpaired) electrons. The molecule has 32 heavy (non-hydrogen) atoms. The van der Waals surface area contributed by atoms with E-state index in [0.717, 1.165) is 22.5 Å². The molecular weight excluding hydrogens is 462 g/mol. The van der Waals surface area contributed by atoms with E-state index in [0.29, 0.717) is 33.9 Å². The molecule has 1 fully saturated rings. The molecule has 0 bridgehead atoms. The molecule has 1 aromatic carbocycles. The number of Topliss-reactive ketones (excluding diaryl/α,β-unsaturated/α-hetero) is 1. The van der Waals surface area contributed by atoms with Gasteiger partial charge in [-0.05, 0) is 30.0 Å². The topological polar surface area (TPSA) is 72.3 Å². The number of nitrogens with zero attached hydrogens (tertiary/aromatic N) is 3. The van der Waals surface area contributed by atoms with Gasteiger partial charge in [0.1, 0.15) is 4.83 Å². The second kappa shape index (κ2) is 8.65. The standard InChI is InChI=1S/C23H19N3O3S3/c1-25-22(29)20-16(18-7-4-10-30-18)12-31-21(20)24-23(25)32-13-17(27)14-5-2-6-15(11-14)26-9-3-8-19(26)28/h2,4-7,10-12H,3,8-9,13H2,1H3. The third-order valence-electron chi connectivity index (χ3n) is 5.45. The highest BCUT2D eigenvalue weighted by molar-refractivity contribution is 7.99. The summed E-state index contributed by atoms with van der Waals surface area (Å²) >= 11 is 4.29. The molecule has 1 aliphatic rings. The number of ketones is 1. The van der Waals surface area contributed by atoms with Crippen molar-refractivity contribution in [2.24, 2.45) is 7.05 Å². The summed E-state index contributed by atoms with van der Waals surface area (Å²) < 4.78 is 1.52. The molecule has 162 valence electrons. The van der Waals surface area contributed by atoms with Gasteiger partial charge in [-0.2, -0.15) is 0 Å². The van der Waals surface area contributed by atoms with Crippen molar-refractivity contribution in [3.8, 4) is 10.4 Å². The van der Waals surface area contributed by atoms with Crippen LogP contribution in [-0.4, -0.2) is 33.5 Å². The molecule has 0 saturated carbocycles. The molecule has 5 rings (SSSR count). The lowest BCUT2D eigenvalue weighted by atomic mass is 10.1. The zero-order valence-electron chi connectivity index (χ0n) is 17.2. The molecule has 3 aromatic heterocycles. The Labute approximate surface area is 196 Å². The fraction of sp³-hybridized carbons (Fsp3) is 0.217. The van der Waals surface area contributed by atoms with Crippen molar-refractivity contribution < 1.29 is 9.59 Å². The van der Waals surface area contributed by atoms with Crippen LogP contribution in [-0.2, 0) is 11.8 Å². The van der Waals surface area contributed by atoms with E-state index in [1.165, 1.54) is 27.7 Å². The Kier molecular flexibility index (Phi) is 5.71. The summed E-state index contributed by atoms with van der Waals surface area (Å²) in [5.74, 6) is 0.185. The summed E-state index contributed by atoms with van der Waals surface area (Å²) in [6, 6.07) is 11.1. The van der Waals surface area contributed by atoms with Gasteiger partial charge in [0.15, 0.2) is 10.9 Å². The number of amides is 1. The Morgan fingerprint density at radius 2 is 2.06 bits per heavy atom. The molecule has 1 aliphatic heterocycles. The molecule has 6 nitrogen and oxygen atoms in total. The van der Waals surface area contributed by atoms with Crippen LogP contribution in [0.15, 0.2) is 57.1 Å². The number of carbonyl (C=O) groups excluding carboxylic acids is 2. The smallest absolute Gasteiger partial charge is 0.263 e. The highest BCUT2D eigenvalue weighted by Crippen LogP contribution is 2.34. The maximum atomic E-state index is 13.1. The van der Waals surface area contributed by atoms with E-state index >= 15 is 0 Å². The maximum absolute atomic E-state index is 13.1. The molecule has 0 N–H and O–H groups in total. The predicted molar refractivity (Wildman–Crippen MR) is 131 cm³/mol. The number of hydrogen-bond donors (Lipinski definition) is 0. The van der Waals surface area contributed by atoms with Crippen molar-refractivity contribution in [1.29, 1.82) is 0 Å². The summed E-state index contributed by atoms with van der Waals surface area (Å²) in [7, 11) is 1.69. The van der Waals surface area contributed by atoms with E-state index in [4.69, 9.17) is 0 Å². The lowest BCUT2D eigenvalue weighted by molar-refractivity contribution is -0.117. The minimum atomic E-state index is -0.107. The molecule has 1 saturated heterocycles. The Hall–Kier alpha value is -2.75. The Balaban J connectivity index is 1.38. The van der Waals surface area contributed by atoms with Gasteiger partial charge in [0.25, 0.3) is 5.56 Å². The largest absolute Gasteiger partial charge is 0.312 e. The highest BCUT2D eigenvalue weighted by Gasteiger charge is 2.22. The molecule has 9 heteroatoms. The van der Waals surface area contributed by atoms with Crippen LogP contribution < -0.4 is 10.5 Å². The zero-order chi connectivity index (χ0) is 22.2. The monoisotopic (exact) mass is 481 g/mol. The first kappa shape index (κ1) is 21.1. The minimum Gasteiger partial charge on any atom is -0.312 e. The van der Waals surface area contributed by atoms with E-state index in [9.17, 15) is 14.4 Å². The average Bonchev–Trinajstić information content (AvgIpc) is 3.55. The van der Waals surface area contributed by atoms with Gasteiger partial charge in [-0.3, -0.25) is 19.0 Å². The van der Waals surface area contributed by atoms with Gasteiger partial charge in [0.2, 0.25) is 5.91 Å². The van der Waals surface area contributed by atoms with E-state index < -0.39 is 0 Å². The summed E-state index contributed by atoms with van der Waals surface area (Å²) in [5, 5.41) is 5.09. The first-order chi connectivity index (χ1) is 15.5. The van der Waals surface area contributed by atoms with Crippen molar-refractivity contribution in [3.63, 3.8) is 0 Å². The Bertz CT molecular complexity index is 1390. The molecule has 0 unspecified atom stereocenters. The lowest BCUT2D eigenvalue weighted by Gasteiger charge is -2.16. The van der Waals surface area contributed by atoms with Gasteiger partial charge in [-0.15, -0.1) is 22.7 Å². The predicted octanol–water partition coefficient (Wildman–Crippen LogP) is 4.83. The molecule has 4 heterocycles. The first-order valence-corrected chi connectivity index (χ1v) is 12.9. The van der Waals surface area contributed by atoms with Crippen LogP contribution in [0.2, 0.25) is 0 Å². The van der Waals surface area contributed by atoms with Crippen LogP contribution in [0.5, 0.6) is 0 Å². The molecule has 4 aromatic rings. The summed E-state index contributed by atoms with van der Waals surface area (Å²) in [6.07, 6.45) is 1.39. The van der Waals surface area contributed by atoms with E-state index in [1.807, 2.05) is 29.0 Å². The lowest BCUT2D eigenvalue weighted by Crippen LogP contribution is -2.24. The van der Waals surface area contributed by atoms with E-state index in [2.05, 4.69) is 4.98 Å². The van der Waals surface area contributed by atoms with E-state index in [1.54, 1.807) is 41.5 Å². The van der Waals surface area contributed by atoms with Gasteiger partial charge < -0.3 is 4.90 Å². The second-order valence-corrected chi connectivity index (χ2v) is 10.2. The molecule has 1 amide bonds. The second-order valence-electron chi connectivity index (χ2n) is 7.48. The molecule has 0 spiro atoms. The van der Waals surface area contributed by atoms with Gasteiger partial charge in [0.05, 0.1) is 11.1 Å². The molecule has 0 atom stereocenters. The van der Waals surface area contributed by atoms with Crippen molar-refractivity contribution in [2.45, 2.75) is 18.0 Å². The number of hydrogen-bond acceptors (Lipinski definition) is 7. The first-order valence-electron chi connectivity index (χ1n) is 10.1. The van der Waals surface area contributed by atoms with Gasteiger partial charge in [-0.1, -0.05) is 30.0 Å². The molecule has 0 aliphatic carbocycles. The number of aromatic nitrogens is 2. The van der Waals surface area contributed by atoms with Crippen molar-refractivity contribution in [2.75, 3.05) is 17.2 Å². The number of anilines is 1. The highest BCUT2D eigenvalue weighted by atomic mass is 32.2. The fourth-order valence-corrected chi connectivity index (χ4v) is 6.45. The Morgan fingerprint density at radius 3 is 2.81 bits per heavy atom. The van der Waals surface area contributed by atoms with Crippen LogP contribution in [0.4, 0.5) is 5.69 Å². The van der Waals surface area contributed by atoms with Crippen molar-refractivity contribution >= 4 is 62.0 Å². The third kappa shape index (κ3) is 3.80. The Morgan fingerprint density at radius 1 is 1.19 bits per heavy atom. The van der Waals surface area contributed by atoms with Crippen molar-refractivity contribution in [3.05, 3.63) is 63.1 Å². The van der Waals surface area contributed by atoms with Gasteiger partial charge in [-0.25, -0.2) is 4.98 Å². The summed E-state index contributed by atoms with van der Waals surface area (Å²) in [4.78, 5) is 46.0. The SMILES string of the molecule is Cn1c(SCC(=O)c2cccc(N3CCCC3=O)c2)nc2scc(-c3cccs3)c2c1=O.